The van der Waals surface area contributed by atoms with Crippen molar-refractivity contribution in [3.8, 4) is 0 Å². The van der Waals surface area contributed by atoms with Crippen molar-refractivity contribution in [1.29, 1.82) is 0 Å². The molecule has 1 N–H and O–H groups in total. The van der Waals surface area contributed by atoms with Gasteiger partial charge in [-0.25, -0.2) is 9.52 Å². The van der Waals surface area contributed by atoms with E-state index in [1.165, 1.54) is 0 Å². The minimum atomic E-state index is -4.26. The number of rotatable bonds is 1. The van der Waals surface area contributed by atoms with Gasteiger partial charge in [0.1, 0.15) is 0 Å². The van der Waals surface area contributed by atoms with Crippen LogP contribution in [-0.4, -0.2) is 20.2 Å². The molecule has 118 valence electrons. The van der Waals surface area contributed by atoms with Gasteiger partial charge in [0.25, 0.3) is 0 Å². The lowest BCUT2D eigenvalue weighted by molar-refractivity contribution is 0.0994. The highest BCUT2D eigenvalue weighted by molar-refractivity contribution is 8.12. The van der Waals surface area contributed by atoms with Crippen molar-refractivity contribution in [2.24, 2.45) is 0 Å². The van der Waals surface area contributed by atoms with E-state index in [2.05, 4.69) is 0 Å². The first kappa shape index (κ1) is 15.5. The van der Waals surface area contributed by atoms with Gasteiger partial charge in [0, 0.05) is 22.7 Å². The summed E-state index contributed by atoms with van der Waals surface area (Å²) >= 11 is 0. The lowest BCUT2D eigenvalue weighted by Crippen LogP contribution is -2.39. The zero-order valence-corrected chi connectivity index (χ0v) is 13.3. The van der Waals surface area contributed by atoms with Crippen LogP contribution in [0.5, 0.6) is 0 Å². The Morgan fingerprint density at radius 2 is 1.65 bits per heavy atom. The molecule has 2 amide bonds. The molecule has 3 rings (SSSR count). The number of hydrogen-bond acceptors (Lipinski definition) is 4. The molecule has 0 saturated carbocycles. The van der Waals surface area contributed by atoms with Crippen LogP contribution in [0.25, 0.3) is 0 Å². The maximum atomic E-state index is 12.4. The number of anilines is 2. The van der Waals surface area contributed by atoms with E-state index in [-0.39, 0.29) is 12.2 Å². The van der Waals surface area contributed by atoms with Gasteiger partial charge >= 0.3 is 15.3 Å². The summed E-state index contributed by atoms with van der Waals surface area (Å²) in [7, 11) is 0.860. The van der Waals surface area contributed by atoms with Crippen LogP contribution in [0.3, 0.4) is 0 Å². The van der Waals surface area contributed by atoms with E-state index in [9.17, 15) is 18.0 Å². The standard InChI is InChI=1S/C15H11ClN2O4S/c16-23(21,22)17-15(20)18-12-7-3-1-5-10(12)9-14(19)11-6-2-4-8-13(11)18/h1-8H,9H2,(H,17,20). The summed E-state index contributed by atoms with van der Waals surface area (Å²) in [6, 6.07) is 12.4. The molecule has 0 radical (unpaired) electrons. The number of nitrogens with one attached hydrogen (secondary N) is 1. The van der Waals surface area contributed by atoms with Crippen molar-refractivity contribution < 1.29 is 18.0 Å². The van der Waals surface area contributed by atoms with E-state index in [1.54, 1.807) is 53.3 Å². The Morgan fingerprint density at radius 3 is 2.35 bits per heavy atom. The van der Waals surface area contributed by atoms with Crippen LogP contribution in [0.15, 0.2) is 48.5 Å². The molecule has 0 bridgehead atoms. The maximum Gasteiger partial charge on any atom is 0.341 e. The van der Waals surface area contributed by atoms with Crippen molar-refractivity contribution >= 4 is 43.1 Å². The van der Waals surface area contributed by atoms with Gasteiger partial charge in [-0.1, -0.05) is 30.3 Å². The third-order valence-corrected chi connectivity index (χ3v) is 4.09. The Bertz CT molecular complexity index is 911. The molecular weight excluding hydrogens is 340 g/mol. The van der Waals surface area contributed by atoms with Gasteiger partial charge in [0.05, 0.1) is 11.4 Å². The van der Waals surface area contributed by atoms with E-state index in [1.807, 2.05) is 0 Å². The fourth-order valence-corrected chi connectivity index (χ4v) is 3.05. The average molecular weight is 351 g/mol. The molecule has 1 aliphatic heterocycles. The van der Waals surface area contributed by atoms with Crippen LogP contribution in [-0.2, 0) is 15.7 Å². The molecule has 0 aromatic heterocycles. The van der Waals surface area contributed by atoms with Crippen LogP contribution in [0, 0.1) is 0 Å². The van der Waals surface area contributed by atoms with Crippen molar-refractivity contribution in [3.63, 3.8) is 0 Å². The number of nitrogens with zero attached hydrogens (tertiary/aromatic N) is 1. The number of carbonyl (C=O) groups excluding carboxylic acids is 2. The smallest absolute Gasteiger partial charge is 0.294 e. The Balaban J connectivity index is 2.22. The number of halogens is 1. The summed E-state index contributed by atoms with van der Waals surface area (Å²) < 4.78 is 24.1. The molecule has 1 aliphatic rings. The second kappa shape index (κ2) is 5.68. The Labute approximate surface area is 137 Å². The molecule has 0 spiro atoms. The zero-order valence-electron chi connectivity index (χ0n) is 11.7. The van der Waals surface area contributed by atoms with Crippen molar-refractivity contribution in [3.05, 3.63) is 59.7 Å². The van der Waals surface area contributed by atoms with E-state index < -0.39 is 15.3 Å². The number of Topliss-reactive ketones (excluding diaryl/α,β-unsaturated/α-hetero) is 1. The van der Waals surface area contributed by atoms with Crippen LogP contribution < -0.4 is 9.62 Å². The van der Waals surface area contributed by atoms with E-state index in [0.29, 0.717) is 22.5 Å². The first-order valence-corrected chi connectivity index (χ1v) is 8.94. The third kappa shape index (κ3) is 3.06. The normalized spacial score (nSPS) is 13.8. The number of ketones is 1. The van der Waals surface area contributed by atoms with Crippen molar-refractivity contribution in [2.75, 3.05) is 4.90 Å². The fraction of sp³-hybridized carbons (Fsp3) is 0.0667. The lowest BCUT2D eigenvalue weighted by atomic mass is 10.0. The Kier molecular flexibility index (Phi) is 3.83. The summed E-state index contributed by atoms with van der Waals surface area (Å²) in [4.78, 5) is 26.0. The zero-order chi connectivity index (χ0) is 16.6. The van der Waals surface area contributed by atoms with E-state index >= 15 is 0 Å². The van der Waals surface area contributed by atoms with E-state index in [4.69, 9.17) is 10.7 Å². The number of benzene rings is 2. The molecule has 8 heteroatoms. The average Bonchev–Trinajstić information content (AvgIpc) is 2.59. The molecule has 0 saturated heterocycles. The molecule has 2 aromatic rings. The molecule has 0 fully saturated rings. The van der Waals surface area contributed by atoms with Gasteiger partial charge < -0.3 is 0 Å². The minimum Gasteiger partial charge on any atom is -0.294 e. The number of urea groups is 1. The third-order valence-electron chi connectivity index (χ3n) is 3.44. The molecule has 0 unspecified atom stereocenters. The Morgan fingerprint density at radius 1 is 1.04 bits per heavy atom. The topological polar surface area (TPSA) is 83.6 Å². The summed E-state index contributed by atoms with van der Waals surface area (Å²) in [5.41, 5.74) is 1.70. The van der Waals surface area contributed by atoms with Crippen LogP contribution in [0.2, 0.25) is 0 Å². The molecule has 1 heterocycles. The maximum absolute atomic E-state index is 12.4. The van der Waals surface area contributed by atoms with Gasteiger partial charge in [-0.15, -0.1) is 0 Å². The largest absolute Gasteiger partial charge is 0.341 e. The van der Waals surface area contributed by atoms with Crippen molar-refractivity contribution in [1.82, 2.24) is 4.72 Å². The lowest BCUT2D eigenvalue weighted by Gasteiger charge is -2.23. The van der Waals surface area contributed by atoms with Crippen molar-refractivity contribution in [2.45, 2.75) is 6.42 Å². The van der Waals surface area contributed by atoms with Gasteiger partial charge in [0.2, 0.25) is 0 Å². The first-order chi connectivity index (χ1) is 10.9. The number of para-hydroxylation sites is 2. The monoisotopic (exact) mass is 350 g/mol. The molecule has 2 aromatic carbocycles. The van der Waals surface area contributed by atoms with E-state index in [0.717, 1.165) is 4.90 Å². The molecule has 0 aliphatic carbocycles. The van der Waals surface area contributed by atoms with Gasteiger partial charge in [-0.3, -0.25) is 9.69 Å². The van der Waals surface area contributed by atoms with Crippen LogP contribution >= 0.6 is 10.7 Å². The number of amides is 2. The fourth-order valence-electron chi connectivity index (χ4n) is 2.55. The number of fused-ring (bicyclic) bond motifs is 2. The SMILES string of the molecule is O=C1Cc2ccccc2N(C(=O)NS(=O)(=O)Cl)c2ccccc21. The number of carbonyl (C=O) groups is 2. The predicted octanol–water partition coefficient (Wildman–Crippen LogP) is 2.76. The Hall–Kier alpha value is -2.38. The second-order valence-electron chi connectivity index (χ2n) is 4.93. The first-order valence-electron chi connectivity index (χ1n) is 6.63. The van der Waals surface area contributed by atoms with Crippen LogP contribution in [0.4, 0.5) is 16.2 Å². The predicted molar refractivity (Wildman–Crippen MR) is 86.4 cm³/mol. The summed E-state index contributed by atoms with van der Waals surface area (Å²) in [5, 5.41) is 0. The number of hydrogen-bond donors (Lipinski definition) is 1. The second-order valence-corrected chi connectivity index (χ2v) is 7.22. The molecule has 6 nitrogen and oxygen atoms in total. The van der Waals surface area contributed by atoms with Gasteiger partial charge in [-0.2, -0.15) is 8.42 Å². The quantitative estimate of drug-likeness (QED) is 0.801. The highest BCUT2D eigenvalue weighted by Crippen LogP contribution is 2.35. The highest BCUT2D eigenvalue weighted by atomic mass is 35.7. The van der Waals surface area contributed by atoms with Gasteiger partial charge in [-0.05, 0) is 23.8 Å². The summed E-state index contributed by atoms with van der Waals surface area (Å²) in [5.74, 6) is -0.155. The molecule has 23 heavy (non-hydrogen) atoms. The minimum absolute atomic E-state index is 0.116. The van der Waals surface area contributed by atoms with Crippen LogP contribution in [0.1, 0.15) is 15.9 Å². The summed E-state index contributed by atoms with van der Waals surface area (Å²) in [6.45, 7) is 0. The molecular formula is C15H11ClN2O4S. The highest BCUT2D eigenvalue weighted by Gasteiger charge is 2.30. The summed E-state index contributed by atoms with van der Waals surface area (Å²) in [6.07, 6.45) is 0.116. The molecule has 0 atom stereocenters. The van der Waals surface area contributed by atoms with Gasteiger partial charge in [0.15, 0.2) is 5.78 Å².